The number of hydrogen-bond donors (Lipinski definition) is 0. The second kappa shape index (κ2) is 7.61. The Hall–Kier alpha value is -3.16. The Balaban J connectivity index is 1.91. The van der Waals surface area contributed by atoms with Crippen LogP contribution in [0.2, 0.25) is 0 Å². The van der Waals surface area contributed by atoms with E-state index in [9.17, 15) is 13.2 Å². The highest BCUT2D eigenvalue weighted by Gasteiger charge is 2.32. The molecular formula is C19H17F3N4O. The van der Waals surface area contributed by atoms with Gasteiger partial charge in [0, 0.05) is 18.0 Å². The van der Waals surface area contributed by atoms with Crippen LogP contribution in [0, 0.1) is 0 Å². The molecule has 0 saturated carbocycles. The van der Waals surface area contributed by atoms with E-state index >= 15 is 0 Å². The monoisotopic (exact) mass is 374 g/mol. The molecule has 2 aromatic heterocycles. The number of pyridine rings is 1. The first-order chi connectivity index (χ1) is 12.8. The van der Waals surface area contributed by atoms with Gasteiger partial charge in [-0.05, 0) is 50.3 Å². The van der Waals surface area contributed by atoms with Gasteiger partial charge in [-0.25, -0.2) is 9.67 Å². The third-order valence-corrected chi connectivity index (χ3v) is 3.46. The molecule has 0 fully saturated rings. The summed E-state index contributed by atoms with van der Waals surface area (Å²) in [5, 5.41) is 4.21. The molecular weight excluding hydrogens is 357 g/mol. The van der Waals surface area contributed by atoms with Crippen molar-refractivity contribution in [2.75, 3.05) is 0 Å². The van der Waals surface area contributed by atoms with Gasteiger partial charge < -0.3 is 4.74 Å². The topological polar surface area (TPSA) is 52.8 Å². The van der Waals surface area contributed by atoms with Gasteiger partial charge in [-0.15, -0.1) is 5.10 Å². The lowest BCUT2D eigenvalue weighted by atomic mass is 10.1. The van der Waals surface area contributed by atoms with Crippen LogP contribution in [0.4, 0.5) is 13.2 Å². The van der Waals surface area contributed by atoms with Crippen molar-refractivity contribution < 1.29 is 17.9 Å². The molecule has 0 saturated heterocycles. The van der Waals surface area contributed by atoms with Crippen molar-refractivity contribution in [3.63, 3.8) is 0 Å². The lowest BCUT2D eigenvalue weighted by Crippen LogP contribution is -2.09. The number of ether oxygens (including phenoxy) is 1. The summed E-state index contributed by atoms with van der Waals surface area (Å²) in [7, 11) is 0. The summed E-state index contributed by atoms with van der Waals surface area (Å²) in [5.41, 5.74) is 0.141. The third-order valence-electron chi connectivity index (χ3n) is 3.46. The fraction of sp³-hybridized carbons (Fsp3) is 0.211. The van der Waals surface area contributed by atoms with E-state index < -0.39 is 11.7 Å². The number of hydrogen-bond acceptors (Lipinski definition) is 4. The lowest BCUT2D eigenvalue weighted by Gasteiger charge is -2.14. The first-order valence-corrected chi connectivity index (χ1v) is 8.21. The van der Waals surface area contributed by atoms with Crippen molar-refractivity contribution in [1.82, 2.24) is 19.7 Å². The maximum atomic E-state index is 13.2. The molecule has 5 nitrogen and oxygen atoms in total. The van der Waals surface area contributed by atoms with Gasteiger partial charge in [0.05, 0.1) is 17.4 Å². The number of alkyl halides is 3. The van der Waals surface area contributed by atoms with Crippen molar-refractivity contribution >= 4 is 12.3 Å². The van der Waals surface area contributed by atoms with Crippen LogP contribution in [0.25, 0.3) is 23.7 Å². The van der Waals surface area contributed by atoms with Crippen molar-refractivity contribution in [2.24, 2.45) is 0 Å². The smallest absolute Gasteiger partial charge is 0.416 e. The van der Waals surface area contributed by atoms with Crippen LogP contribution in [0.5, 0.6) is 5.75 Å². The van der Waals surface area contributed by atoms with Crippen LogP contribution in [0.15, 0.2) is 48.9 Å². The van der Waals surface area contributed by atoms with Gasteiger partial charge in [-0.2, -0.15) is 13.2 Å². The van der Waals surface area contributed by atoms with Crippen LogP contribution >= 0.6 is 0 Å². The first kappa shape index (κ1) is 18.6. The van der Waals surface area contributed by atoms with Crippen LogP contribution in [-0.4, -0.2) is 25.9 Å². The molecule has 0 amide bonds. The van der Waals surface area contributed by atoms with E-state index in [1.165, 1.54) is 17.1 Å². The summed E-state index contributed by atoms with van der Waals surface area (Å²) in [6.45, 7) is 3.49. The van der Waals surface area contributed by atoms with Crippen LogP contribution < -0.4 is 4.74 Å². The molecule has 140 valence electrons. The van der Waals surface area contributed by atoms with Gasteiger partial charge in [0.2, 0.25) is 0 Å². The number of nitrogens with zero attached hydrogens (tertiary/aromatic N) is 4. The minimum absolute atomic E-state index is 0.121. The SMILES string of the molecule is CC(C)Oc1cc(-c2ncn(/C=C\c3ccccn3)n2)cc(C(F)(F)F)c1. The largest absolute Gasteiger partial charge is 0.491 e. The maximum absolute atomic E-state index is 13.2. The Labute approximate surface area is 154 Å². The van der Waals surface area contributed by atoms with E-state index in [4.69, 9.17) is 4.74 Å². The lowest BCUT2D eigenvalue weighted by molar-refractivity contribution is -0.137. The average Bonchev–Trinajstić information content (AvgIpc) is 3.08. The van der Waals surface area contributed by atoms with Crippen molar-refractivity contribution in [3.8, 4) is 17.1 Å². The number of benzene rings is 1. The maximum Gasteiger partial charge on any atom is 0.416 e. The Bertz CT molecular complexity index is 934. The van der Waals surface area contributed by atoms with Crippen LogP contribution in [0.1, 0.15) is 25.1 Å². The highest BCUT2D eigenvalue weighted by molar-refractivity contribution is 5.61. The van der Waals surface area contributed by atoms with Crippen molar-refractivity contribution in [2.45, 2.75) is 26.1 Å². The third kappa shape index (κ3) is 4.93. The zero-order valence-electron chi connectivity index (χ0n) is 14.7. The molecule has 0 aliphatic carbocycles. The molecule has 3 rings (SSSR count). The molecule has 0 radical (unpaired) electrons. The fourth-order valence-electron chi connectivity index (χ4n) is 2.34. The molecule has 0 N–H and O–H groups in total. The summed E-state index contributed by atoms with van der Waals surface area (Å²) >= 11 is 0. The highest BCUT2D eigenvalue weighted by Crippen LogP contribution is 2.35. The van der Waals surface area contributed by atoms with Crippen molar-refractivity contribution in [3.05, 3.63) is 60.2 Å². The molecule has 1 aromatic carbocycles. The number of aromatic nitrogens is 4. The van der Waals surface area contributed by atoms with Gasteiger partial charge in [-0.1, -0.05) is 6.07 Å². The fourth-order valence-corrected chi connectivity index (χ4v) is 2.34. The Morgan fingerprint density at radius 2 is 1.93 bits per heavy atom. The summed E-state index contributed by atoms with van der Waals surface area (Å²) < 4.78 is 46.4. The number of halogens is 3. The normalized spacial score (nSPS) is 12.1. The van der Waals surface area contributed by atoms with Gasteiger partial charge in [0.25, 0.3) is 0 Å². The molecule has 0 bridgehead atoms. The van der Waals surface area contributed by atoms with E-state index in [1.807, 2.05) is 12.1 Å². The standard InChI is InChI=1S/C19H17F3N4O/c1-13(2)27-17-10-14(9-15(11-17)19(20,21)22)18-24-12-26(25-18)8-6-16-5-3-4-7-23-16/h3-13H,1-2H3/b8-6-. The van der Waals surface area contributed by atoms with Crippen molar-refractivity contribution in [1.29, 1.82) is 0 Å². The molecule has 27 heavy (non-hydrogen) atoms. The van der Waals surface area contributed by atoms with E-state index in [0.29, 0.717) is 0 Å². The molecule has 0 aliphatic rings. The molecule has 0 atom stereocenters. The predicted octanol–water partition coefficient (Wildman–Crippen LogP) is 4.77. The van der Waals surface area contributed by atoms with E-state index in [-0.39, 0.29) is 23.2 Å². The Morgan fingerprint density at radius 1 is 1.11 bits per heavy atom. The molecule has 0 unspecified atom stereocenters. The van der Waals surface area contributed by atoms with Gasteiger partial charge in [-0.3, -0.25) is 4.98 Å². The van der Waals surface area contributed by atoms with E-state index in [0.717, 1.165) is 17.8 Å². The summed E-state index contributed by atoms with van der Waals surface area (Å²) in [6, 6.07) is 8.94. The predicted molar refractivity (Wildman–Crippen MR) is 95.7 cm³/mol. The first-order valence-electron chi connectivity index (χ1n) is 8.21. The van der Waals surface area contributed by atoms with Crippen LogP contribution in [0.3, 0.4) is 0 Å². The van der Waals surface area contributed by atoms with Crippen LogP contribution in [-0.2, 0) is 6.18 Å². The molecule has 8 heteroatoms. The van der Waals surface area contributed by atoms with Gasteiger partial charge in [0.15, 0.2) is 5.82 Å². The zero-order chi connectivity index (χ0) is 19.4. The summed E-state index contributed by atoms with van der Waals surface area (Å²) in [5.74, 6) is 0.288. The molecule has 2 heterocycles. The van der Waals surface area contributed by atoms with E-state index in [2.05, 4.69) is 15.1 Å². The molecule has 0 spiro atoms. The summed E-state index contributed by atoms with van der Waals surface area (Å²) in [4.78, 5) is 8.25. The second-order valence-corrected chi connectivity index (χ2v) is 6.03. The minimum atomic E-state index is -4.49. The molecule has 0 aliphatic heterocycles. The van der Waals surface area contributed by atoms with Gasteiger partial charge >= 0.3 is 6.18 Å². The average molecular weight is 374 g/mol. The Morgan fingerprint density at radius 3 is 2.59 bits per heavy atom. The minimum Gasteiger partial charge on any atom is -0.491 e. The highest BCUT2D eigenvalue weighted by atomic mass is 19.4. The van der Waals surface area contributed by atoms with Gasteiger partial charge in [0.1, 0.15) is 12.1 Å². The van der Waals surface area contributed by atoms with E-state index in [1.54, 1.807) is 38.4 Å². The quantitative estimate of drug-likeness (QED) is 0.645. The molecule has 3 aromatic rings. The summed E-state index contributed by atoms with van der Waals surface area (Å²) in [6.07, 6.45) is 1.67. The zero-order valence-corrected chi connectivity index (χ0v) is 14.7. The Kier molecular flexibility index (Phi) is 5.25. The second-order valence-electron chi connectivity index (χ2n) is 6.03. The number of rotatable bonds is 5.